The van der Waals surface area contributed by atoms with Crippen molar-refractivity contribution in [1.29, 1.82) is 0 Å². The van der Waals surface area contributed by atoms with E-state index >= 15 is 0 Å². The Bertz CT molecular complexity index is 687. The molecule has 0 bridgehead atoms. The minimum atomic E-state index is -3.19. The van der Waals surface area contributed by atoms with Gasteiger partial charge < -0.3 is 5.32 Å². The van der Waals surface area contributed by atoms with Crippen molar-refractivity contribution in [1.82, 2.24) is 9.62 Å². The molecular formula is C17H24N2O3S. The molecule has 23 heavy (non-hydrogen) atoms. The lowest BCUT2D eigenvalue weighted by atomic mass is 9.82. The van der Waals surface area contributed by atoms with Gasteiger partial charge in [-0.3, -0.25) is 4.79 Å². The second kappa shape index (κ2) is 6.61. The van der Waals surface area contributed by atoms with Gasteiger partial charge in [-0.15, -0.1) is 0 Å². The van der Waals surface area contributed by atoms with E-state index in [1.54, 1.807) is 0 Å². The molecule has 2 atom stereocenters. The first-order chi connectivity index (χ1) is 11.0. The summed E-state index contributed by atoms with van der Waals surface area (Å²) in [4.78, 5) is 12.6. The average molecular weight is 336 g/mol. The molecule has 2 aliphatic rings. The Hall–Kier alpha value is -1.40. The van der Waals surface area contributed by atoms with Crippen LogP contribution in [-0.2, 0) is 21.2 Å². The van der Waals surface area contributed by atoms with E-state index in [2.05, 4.69) is 11.4 Å². The van der Waals surface area contributed by atoms with Crippen molar-refractivity contribution in [2.45, 2.75) is 44.1 Å². The SMILES string of the molecule is CS(=O)(=O)N1CCC[C@@H]1CNC(=O)C1CCCc2ccccc21. The maximum atomic E-state index is 12.6. The van der Waals surface area contributed by atoms with Crippen molar-refractivity contribution in [2.24, 2.45) is 0 Å². The molecule has 0 radical (unpaired) electrons. The van der Waals surface area contributed by atoms with E-state index in [1.165, 1.54) is 16.1 Å². The second-order valence-corrected chi connectivity index (χ2v) is 8.49. The fraction of sp³-hybridized carbons (Fsp3) is 0.588. The van der Waals surface area contributed by atoms with E-state index in [-0.39, 0.29) is 17.9 Å². The molecule has 1 amide bonds. The van der Waals surface area contributed by atoms with Crippen LogP contribution in [0.1, 0.15) is 42.7 Å². The Morgan fingerprint density at radius 3 is 2.83 bits per heavy atom. The van der Waals surface area contributed by atoms with Gasteiger partial charge >= 0.3 is 0 Å². The van der Waals surface area contributed by atoms with Gasteiger partial charge in [0.15, 0.2) is 0 Å². The van der Waals surface area contributed by atoms with Crippen molar-refractivity contribution in [2.75, 3.05) is 19.3 Å². The highest BCUT2D eigenvalue weighted by Gasteiger charge is 2.32. The average Bonchev–Trinajstić information content (AvgIpc) is 3.01. The van der Waals surface area contributed by atoms with Crippen LogP contribution in [0.2, 0.25) is 0 Å². The molecule has 1 aliphatic carbocycles. The Labute approximate surface area is 138 Å². The Balaban J connectivity index is 1.65. The predicted octanol–water partition coefficient (Wildman–Crippen LogP) is 1.65. The minimum Gasteiger partial charge on any atom is -0.354 e. The first-order valence-corrected chi connectivity index (χ1v) is 10.1. The number of fused-ring (bicyclic) bond motifs is 1. The molecule has 1 N–H and O–H groups in total. The van der Waals surface area contributed by atoms with Crippen molar-refractivity contribution < 1.29 is 13.2 Å². The van der Waals surface area contributed by atoms with E-state index in [0.717, 1.165) is 37.7 Å². The number of aryl methyl sites for hydroxylation is 1. The van der Waals surface area contributed by atoms with Gasteiger partial charge in [-0.05, 0) is 43.2 Å². The van der Waals surface area contributed by atoms with Gasteiger partial charge in [0.2, 0.25) is 15.9 Å². The van der Waals surface area contributed by atoms with Gasteiger partial charge in [0.25, 0.3) is 0 Å². The van der Waals surface area contributed by atoms with Crippen molar-refractivity contribution in [3.63, 3.8) is 0 Å². The Morgan fingerprint density at radius 2 is 2.04 bits per heavy atom. The first kappa shape index (κ1) is 16.5. The molecule has 6 heteroatoms. The van der Waals surface area contributed by atoms with Crippen LogP contribution >= 0.6 is 0 Å². The number of amides is 1. The highest BCUT2D eigenvalue weighted by atomic mass is 32.2. The topological polar surface area (TPSA) is 66.5 Å². The van der Waals surface area contributed by atoms with Crippen LogP contribution in [-0.4, -0.2) is 44.0 Å². The molecule has 1 unspecified atom stereocenters. The summed E-state index contributed by atoms with van der Waals surface area (Å²) in [6.45, 7) is 0.968. The summed E-state index contributed by atoms with van der Waals surface area (Å²) in [5.41, 5.74) is 2.39. The van der Waals surface area contributed by atoms with Crippen molar-refractivity contribution >= 4 is 15.9 Å². The summed E-state index contributed by atoms with van der Waals surface area (Å²) in [5.74, 6) is -0.0782. The van der Waals surface area contributed by atoms with Gasteiger partial charge in [0.05, 0.1) is 12.2 Å². The van der Waals surface area contributed by atoms with Crippen LogP contribution in [0.5, 0.6) is 0 Å². The fourth-order valence-electron chi connectivity index (χ4n) is 3.82. The minimum absolute atomic E-state index is 0.0255. The van der Waals surface area contributed by atoms with Crippen LogP contribution < -0.4 is 5.32 Å². The Morgan fingerprint density at radius 1 is 1.26 bits per heavy atom. The summed E-state index contributed by atoms with van der Waals surface area (Å²) < 4.78 is 25.1. The zero-order chi connectivity index (χ0) is 16.4. The molecular weight excluding hydrogens is 312 g/mol. The van der Waals surface area contributed by atoms with Crippen molar-refractivity contribution in [3.8, 4) is 0 Å². The standard InChI is InChI=1S/C17H24N2O3S/c1-23(21,22)19-11-5-8-14(19)12-18-17(20)16-10-4-7-13-6-2-3-9-15(13)16/h2-3,6,9,14,16H,4-5,7-8,10-12H2,1H3,(H,18,20)/t14-,16?/m1/s1. The second-order valence-electron chi connectivity index (χ2n) is 6.56. The molecule has 1 heterocycles. The van der Waals surface area contributed by atoms with Gasteiger partial charge in [-0.25, -0.2) is 8.42 Å². The van der Waals surface area contributed by atoms with E-state index in [4.69, 9.17) is 0 Å². The van der Waals surface area contributed by atoms with Gasteiger partial charge in [0, 0.05) is 19.1 Å². The lowest BCUT2D eigenvalue weighted by Gasteiger charge is -2.27. The summed E-state index contributed by atoms with van der Waals surface area (Å²) in [5, 5.41) is 2.99. The molecule has 0 saturated carbocycles. The van der Waals surface area contributed by atoms with E-state index < -0.39 is 10.0 Å². The smallest absolute Gasteiger partial charge is 0.227 e. The number of nitrogens with zero attached hydrogens (tertiary/aromatic N) is 1. The van der Waals surface area contributed by atoms with E-state index in [1.807, 2.05) is 18.2 Å². The van der Waals surface area contributed by atoms with Gasteiger partial charge in [0.1, 0.15) is 0 Å². The fourth-order valence-corrected chi connectivity index (χ4v) is 5.00. The van der Waals surface area contributed by atoms with Crippen LogP contribution in [0, 0.1) is 0 Å². The molecule has 0 aromatic heterocycles. The van der Waals surface area contributed by atoms with E-state index in [9.17, 15) is 13.2 Å². The summed E-state index contributed by atoms with van der Waals surface area (Å²) in [6.07, 6.45) is 5.83. The number of hydrogen-bond acceptors (Lipinski definition) is 3. The van der Waals surface area contributed by atoms with Crippen LogP contribution in [0.15, 0.2) is 24.3 Å². The largest absolute Gasteiger partial charge is 0.354 e. The molecule has 126 valence electrons. The molecule has 1 fully saturated rings. The van der Waals surface area contributed by atoms with Crippen molar-refractivity contribution in [3.05, 3.63) is 35.4 Å². The van der Waals surface area contributed by atoms with E-state index in [0.29, 0.717) is 13.1 Å². The summed E-state index contributed by atoms with van der Waals surface area (Å²) >= 11 is 0. The third-order valence-electron chi connectivity index (χ3n) is 4.95. The van der Waals surface area contributed by atoms with Gasteiger partial charge in [-0.2, -0.15) is 4.31 Å². The van der Waals surface area contributed by atoms with Crippen LogP contribution in [0.25, 0.3) is 0 Å². The number of carbonyl (C=O) groups excluding carboxylic acids is 1. The molecule has 1 aliphatic heterocycles. The number of benzene rings is 1. The monoisotopic (exact) mass is 336 g/mol. The first-order valence-electron chi connectivity index (χ1n) is 8.29. The van der Waals surface area contributed by atoms with Crippen LogP contribution in [0.4, 0.5) is 0 Å². The lowest BCUT2D eigenvalue weighted by Crippen LogP contribution is -2.44. The number of nitrogens with one attached hydrogen (secondary N) is 1. The highest BCUT2D eigenvalue weighted by molar-refractivity contribution is 7.88. The maximum absolute atomic E-state index is 12.6. The molecule has 5 nitrogen and oxygen atoms in total. The van der Waals surface area contributed by atoms with Crippen LogP contribution in [0.3, 0.4) is 0 Å². The number of sulfonamides is 1. The maximum Gasteiger partial charge on any atom is 0.227 e. The van der Waals surface area contributed by atoms with Gasteiger partial charge in [-0.1, -0.05) is 24.3 Å². The zero-order valence-corrected chi connectivity index (χ0v) is 14.3. The molecule has 3 rings (SSSR count). The highest BCUT2D eigenvalue weighted by Crippen LogP contribution is 2.31. The zero-order valence-electron chi connectivity index (χ0n) is 13.5. The number of carbonyl (C=O) groups is 1. The Kier molecular flexibility index (Phi) is 4.73. The third-order valence-corrected chi connectivity index (χ3v) is 6.28. The molecule has 0 spiro atoms. The molecule has 1 aromatic carbocycles. The molecule has 1 saturated heterocycles. The number of hydrogen-bond donors (Lipinski definition) is 1. The third kappa shape index (κ3) is 3.58. The lowest BCUT2D eigenvalue weighted by molar-refractivity contribution is -0.123. The predicted molar refractivity (Wildman–Crippen MR) is 89.7 cm³/mol. The molecule has 1 aromatic rings. The summed E-state index contributed by atoms with van der Waals surface area (Å²) in [6, 6.07) is 8.02. The number of rotatable bonds is 4. The quantitative estimate of drug-likeness (QED) is 0.909. The summed E-state index contributed by atoms with van der Waals surface area (Å²) in [7, 11) is -3.19. The normalized spacial score (nSPS) is 25.1.